The monoisotopic (exact) mass is 706 g/mol. The molecule has 0 bridgehead atoms. The number of carbonyl (C=O) groups is 2. The first kappa shape index (κ1) is 28.2. The van der Waals surface area contributed by atoms with Crippen LogP contribution in [0.15, 0.2) is 21.1 Å². The zero-order chi connectivity index (χ0) is 28.3. The summed E-state index contributed by atoms with van der Waals surface area (Å²) in [5.41, 5.74) is 3.67. The van der Waals surface area contributed by atoms with Crippen LogP contribution in [0.25, 0.3) is 20.4 Å². The maximum absolute atomic E-state index is 13.2. The summed E-state index contributed by atoms with van der Waals surface area (Å²) in [6, 6.07) is 4.00. The van der Waals surface area contributed by atoms with Crippen LogP contribution >= 0.6 is 54.5 Å². The van der Waals surface area contributed by atoms with Gasteiger partial charge in [-0.05, 0) is 89.2 Å². The average molecular weight is 708 g/mol. The van der Waals surface area contributed by atoms with Gasteiger partial charge in [0.25, 0.3) is 11.8 Å². The Morgan fingerprint density at radius 3 is 2.27 bits per heavy atom. The van der Waals surface area contributed by atoms with E-state index in [4.69, 9.17) is 14.5 Å². The quantitative estimate of drug-likeness (QED) is 0.255. The number of amides is 2. The second-order valence-corrected chi connectivity index (χ2v) is 14.5. The predicted octanol–water partition coefficient (Wildman–Crippen LogP) is 6.00. The van der Waals surface area contributed by atoms with Gasteiger partial charge in [-0.2, -0.15) is 0 Å². The molecule has 0 aliphatic carbocycles. The fourth-order valence-corrected chi connectivity index (χ4v) is 9.60. The molecule has 0 radical (unpaired) electrons. The normalized spacial score (nSPS) is 20.1. The molecule has 2 atom stereocenters. The van der Waals surface area contributed by atoms with Crippen LogP contribution in [0.3, 0.4) is 0 Å². The largest absolute Gasteiger partial charge is 0.376 e. The number of hydrogen-bond acceptors (Lipinski definition) is 8. The first-order valence-corrected chi connectivity index (χ1v) is 16.2. The lowest BCUT2D eigenvalue weighted by molar-refractivity contribution is -0.0593. The Morgan fingerprint density at radius 1 is 1.00 bits per heavy atom. The fraction of sp³-hybridized carbons (Fsp3) is 0.429. The Labute approximate surface area is 256 Å². The van der Waals surface area contributed by atoms with Gasteiger partial charge in [-0.1, -0.05) is 0 Å². The molecule has 2 amide bonds. The Bertz CT molecular complexity index is 1680. The summed E-state index contributed by atoms with van der Waals surface area (Å²) in [4.78, 5) is 38.6. The molecule has 2 aliphatic heterocycles. The lowest BCUT2D eigenvalue weighted by atomic mass is 10.0. The van der Waals surface area contributed by atoms with Gasteiger partial charge in [0.1, 0.15) is 19.4 Å². The van der Waals surface area contributed by atoms with Crippen molar-refractivity contribution in [3.8, 4) is 0 Å². The lowest BCUT2D eigenvalue weighted by Crippen LogP contribution is -2.59. The van der Waals surface area contributed by atoms with Crippen molar-refractivity contribution in [2.75, 3.05) is 19.8 Å². The highest BCUT2D eigenvalue weighted by Gasteiger charge is 2.36. The fourth-order valence-electron chi connectivity index (χ4n) is 5.34. The van der Waals surface area contributed by atoms with E-state index in [2.05, 4.69) is 53.5 Å². The maximum Gasteiger partial charge on any atom is 0.263 e. The molecule has 12 heteroatoms. The minimum Gasteiger partial charge on any atom is -0.376 e. The number of carbonyl (C=O) groups excluding carboxylic acids is 2. The van der Waals surface area contributed by atoms with Crippen molar-refractivity contribution in [2.45, 2.75) is 58.2 Å². The van der Waals surface area contributed by atoms with E-state index in [-0.39, 0.29) is 29.5 Å². The SMILES string of the molecule is Cc1cc(C)c2c(Br)c(C(=O)NC3COC(Cc4cc(C)c5c(Br)c(C(=O)NC6(C)COC6)sc5n4)C3)sc2n1. The van der Waals surface area contributed by atoms with Gasteiger partial charge < -0.3 is 20.1 Å². The second-order valence-electron chi connectivity index (χ2n) is 10.9. The van der Waals surface area contributed by atoms with E-state index in [1.807, 2.05) is 33.8 Å². The van der Waals surface area contributed by atoms with E-state index < -0.39 is 0 Å². The summed E-state index contributed by atoms with van der Waals surface area (Å²) in [6.07, 6.45) is 1.27. The Kier molecular flexibility index (Phi) is 7.54. The standard InChI is InChI=1S/C28H28Br2N4O4S2/c1-12-5-14(3)31-26-18(12)20(29)22(39-26)24(35)32-16-8-17(38-9-16)7-15-6-13(2)19-21(30)23(40-27(19)33-15)25(36)34-28(4)10-37-11-28/h5-6,16-17H,7-11H2,1-4H3,(H,32,35)(H,34,36). The van der Waals surface area contributed by atoms with Crippen LogP contribution < -0.4 is 10.6 Å². The van der Waals surface area contributed by atoms with Crippen LogP contribution in [-0.4, -0.2) is 59.3 Å². The highest BCUT2D eigenvalue weighted by molar-refractivity contribution is 9.11. The van der Waals surface area contributed by atoms with Crippen molar-refractivity contribution >= 4 is 86.8 Å². The number of hydrogen-bond donors (Lipinski definition) is 2. The van der Waals surface area contributed by atoms with Crippen molar-refractivity contribution in [3.05, 3.63) is 53.3 Å². The summed E-state index contributed by atoms with van der Waals surface area (Å²) < 4.78 is 12.9. The zero-order valence-electron chi connectivity index (χ0n) is 22.4. The van der Waals surface area contributed by atoms with E-state index >= 15 is 0 Å². The Morgan fingerprint density at radius 2 is 1.62 bits per heavy atom. The molecule has 2 saturated heterocycles. The molecule has 2 fully saturated rings. The maximum atomic E-state index is 13.2. The van der Waals surface area contributed by atoms with Gasteiger partial charge >= 0.3 is 0 Å². The van der Waals surface area contributed by atoms with E-state index in [1.54, 1.807) is 0 Å². The molecule has 0 spiro atoms. The number of pyridine rings is 2. The smallest absolute Gasteiger partial charge is 0.263 e. The second kappa shape index (κ2) is 10.7. The molecule has 40 heavy (non-hydrogen) atoms. The van der Waals surface area contributed by atoms with E-state index in [0.717, 1.165) is 51.9 Å². The first-order valence-electron chi connectivity index (χ1n) is 13.0. The van der Waals surface area contributed by atoms with Crippen LogP contribution in [0.1, 0.15) is 55.2 Å². The third kappa shape index (κ3) is 5.22. The van der Waals surface area contributed by atoms with Gasteiger partial charge in [0.05, 0.1) is 46.5 Å². The number of rotatable bonds is 6. The first-order chi connectivity index (χ1) is 19.0. The van der Waals surface area contributed by atoms with Crippen molar-refractivity contribution in [1.82, 2.24) is 20.6 Å². The molecule has 0 saturated carbocycles. The van der Waals surface area contributed by atoms with Gasteiger partial charge in [-0.3, -0.25) is 9.59 Å². The highest BCUT2D eigenvalue weighted by Crippen LogP contribution is 2.39. The van der Waals surface area contributed by atoms with Crippen LogP contribution in [-0.2, 0) is 15.9 Å². The number of nitrogens with zero attached hydrogens (tertiary/aromatic N) is 2. The zero-order valence-corrected chi connectivity index (χ0v) is 27.2. The topological polar surface area (TPSA) is 102 Å². The summed E-state index contributed by atoms with van der Waals surface area (Å²) in [5.74, 6) is -0.237. The molecule has 210 valence electrons. The minimum absolute atomic E-state index is 0.0585. The summed E-state index contributed by atoms with van der Waals surface area (Å²) >= 11 is 10.1. The minimum atomic E-state index is -0.325. The lowest BCUT2D eigenvalue weighted by Gasteiger charge is -2.38. The molecule has 2 N–H and O–H groups in total. The molecule has 0 aromatic carbocycles. The van der Waals surface area contributed by atoms with Crippen LogP contribution in [0.4, 0.5) is 0 Å². The Balaban J connectivity index is 1.13. The summed E-state index contributed by atoms with van der Waals surface area (Å²) in [5, 5.41) is 8.18. The molecule has 4 aromatic heterocycles. The number of ether oxygens (including phenoxy) is 2. The van der Waals surface area contributed by atoms with Gasteiger partial charge in [-0.25, -0.2) is 9.97 Å². The molecule has 4 aromatic rings. The molecular weight excluding hydrogens is 680 g/mol. The Hall–Kier alpha value is -1.96. The van der Waals surface area contributed by atoms with E-state index in [1.165, 1.54) is 22.7 Å². The molecule has 8 nitrogen and oxygen atoms in total. The number of nitrogens with one attached hydrogen (secondary N) is 2. The summed E-state index contributed by atoms with van der Waals surface area (Å²) in [7, 11) is 0. The number of thiophene rings is 2. The third-order valence-electron chi connectivity index (χ3n) is 7.30. The number of aromatic nitrogens is 2. The average Bonchev–Trinajstić information content (AvgIpc) is 3.53. The van der Waals surface area contributed by atoms with Crippen molar-refractivity contribution in [3.63, 3.8) is 0 Å². The van der Waals surface area contributed by atoms with E-state index in [0.29, 0.717) is 42.4 Å². The molecule has 6 heterocycles. The summed E-state index contributed by atoms with van der Waals surface area (Å²) in [6.45, 7) is 9.50. The highest BCUT2D eigenvalue weighted by atomic mass is 79.9. The van der Waals surface area contributed by atoms with Crippen molar-refractivity contribution < 1.29 is 19.1 Å². The number of halogens is 2. The molecule has 6 rings (SSSR count). The predicted molar refractivity (Wildman–Crippen MR) is 165 cm³/mol. The number of fused-ring (bicyclic) bond motifs is 2. The number of aryl methyl sites for hydroxylation is 3. The van der Waals surface area contributed by atoms with Gasteiger partial charge in [0.2, 0.25) is 0 Å². The molecule has 2 aliphatic rings. The van der Waals surface area contributed by atoms with Crippen molar-refractivity contribution in [1.29, 1.82) is 0 Å². The van der Waals surface area contributed by atoms with Gasteiger partial charge in [0, 0.05) is 28.6 Å². The van der Waals surface area contributed by atoms with Gasteiger partial charge in [0.15, 0.2) is 0 Å². The van der Waals surface area contributed by atoms with Crippen LogP contribution in [0, 0.1) is 20.8 Å². The third-order valence-corrected chi connectivity index (χ3v) is 11.6. The molecule has 2 unspecified atom stereocenters. The van der Waals surface area contributed by atoms with Gasteiger partial charge in [-0.15, -0.1) is 22.7 Å². The van der Waals surface area contributed by atoms with E-state index in [9.17, 15) is 9.59 Å². The van der Waals surface area contributed by atoms with Crippen LogP contribution in [0.2, 0.25) is 0 Å². The van der Waals surface area contributed by atoms with Crippen molar-refractivity contribution in [2.24, 2.45) is 0 Å². The van der Waals surface area contributed by atoms with Crippen LogP contribution in [0.5, 0.6) is 0 Å². The molecular formula is C28H28Br2N4O4S2.